The number of aryl methyl sites for hydroxylation is 1. The highest BCUT2D eigenvalue weighted by Crippen LogP contribution is 2.28. The first-order valence-electron chi connectivity index (χ1n) is 6.27. The number of rotatable bonds is 6. The maximum Gasteiger partial charge on any atom is 0.172 e. The third-order valence-electron chi connectivity index (χ3n) is 2.83. The fourth-order valence-electron chi connectivity index (χ4n) is 1.84. The number of benzene rings is 2. The van der Waals surface area contributed by atoms with Crippen molar-refractivity contribution in [3.05, 3.63) is 60.2 Å². The molecule has 0 bridgehead atoms. The summed E-state index contributed by atoms with van der Waals surface area (Å²) in [6.07, 6.45) is 1.65. The van der Waals surface area contributed by atoms with Crippen molar-refractivity contribution in [2.24, 2.45) is 0 Å². The van der Waals surface area contributed by atoms with Gasteiger partial charge in [0.15, 0.2) is 17.1 Å². The van der Waals surface area contributed by atoms with Crippen LogP contribution in [0.3, 0.4) is 0 Å². The molecule has 2 aromatic carbocycles. The monoisotopic (exact) mass is 276 g/mol. The van der Waals surface area contributed by atoms with Gasteiger partial charge in [0, 0.05) is 6.42 Å². The molecule has 0 spiro atoms. The predicted octanol–water partition coefficient (Wildman–Crippen LogP) is 4.27. The normalized spacial score (nSPS) is 11.9. The number of methoxy groups -OCH3 is 1. The van der Waals surface area contributed by atoms with Crippen molar-refractivity contribution in [2.75, 3.05) is 7.11 Å². The molecule has 100 valence electrons. The molecule has 0 aliphatic rings. The van der Waals surface area contributed by atoms with Gasteiger partial charge in [-0.3, -0.25) is 0 Å². The average Bonchev–Trinajstić information content (AvgIpc) is 2.47. The maximum atomic E-state index is 6.22. The summed E-state index contributed by atoms with van der Waals surface area (Å²) in [4.78, 5) is 0. The van der Waals surface area contributed by atoms with E-state index < -0.39 is 0 Å². The van der Waals surface area contributed by atoms with Gasteiger partial charge in [-0.25, -0.2) is 0 Å². The van der Waals surface area contributed by atoms with Crippen LogP contribution < -0.4 is 9.47 Å². The zero-order valence-electron chi connectivity index (χ0n) is 10.9. The first-order valence-corrected chi connectivity index (χ1v) is 6.71. The minimum absolute atomic E-state index is 0.364. The Morgan fingerprint density at radius 3 is 2.26 bits per heavy atom. The molecular formula is C16H17ClO2. The molecule has 0 heterocycles. The van der Waals surface area contributed by atoms with Crippen molar-refractivity contribution in [3.63, 3.8) is 0 Å². The Kier molecular flexibility index (Phi) is 5.10. The van der Waals surface area contributed by atoms with Crippen LogP contribution in [0.5, 0.6) is 11.5 Å². The molecule has 0 unspecified atom stereocenters. The summed E-state index contributed by atoms with van der Waals surface area (Å²) in [5, 5.41) is 0. The Bertz CT molecular complexity index is 499. The van der Waals surface area contributed by atoms with E-state index in [0.717, 1.165) is 12.8 Å². The van der Waals surface area contributed by atoms with Gasteiger partial charge in [0.2, 0.25) is 0 Å². The van der Waals surface area contributed by atoms with Crippen molar-refractivity contribution >= 4 is 11.6 Å². The molecule has 1 atom stereocenters. The summed E-state index contributed by atoms with van der Waals surface area (Å²) < 4.78 is 10.9. The zero-order chi connectivity index (χ0) is 13.5. The highest BCUT2D eigenvalue weighted by atomic mass is 35.5. The lowest BCUT2D eigenvalue weighted by molar-refractivity contribution is 0.255. The summed E-state index contributed by atoms with van der Waals surface area (Å²) in [6.45, 7) is 0. The summed E-state index contributed by atoms with van der Waals surface area (Å²) in [5.74, 6) is 1.38. The van der Waals surface area contributed by atoms with Crippen molar-refractivity contribution in [1.29, 1.82) is 0 Å². The van der Waals surface area contributed by atoms with Crippen LogP contribution in [0.25, 0.3) is 0 Å². The van der Waals surface area contributed by atoms with E-state index in [2.05, 4.69) is 12.1 Å². The summed E-state index contributed by atoms with van der Waals surface area (Å²) >= 11 is 6.22. The van der Waals surface area contributed by atoms with Gasteiger partial charge < -0.3 is 9.47 Å². The van der Waals surface area contributed by atoms with Gasteiger partial charge in [0.05, 0.1) is 7.11 Å². The smallest absolute Gasteiger partial charge is 0.172 e. The van der Waals surface area contributed by atoms with E-state index in [1.807, 2.05) is 42.5 Å². The quantitative estimate of drug-likeness (QED) is 0.734. The van der Waals surface area contributed by atoms with Crippen LogP contribution in [0.15, 0.2) is 54.6 Å². The highest BCUT2D eigenvalue weighted by Gasteiger charge is 2.10. The Balaban J connectivity index is 1.89. The molecule has 0 fully saturated rings. The molecule has 2 nitrogen and oxygen atoms in total. The van der Waals surface area contributed by atoms with Crippen LogP contribution in [0.4, 0.5) is 0 Å². The van der Waals surface area contributed by atoms with Crippen LogP contribution in [-0.4, -0.2) is 12.7 Å². The fraction of sp³-hybridized carbons (Fsp3) is 0.250. The predicted molar refractivity (Wildman–Crippen MR) is 78.0 cm³/mol. The average molecular weight is 277 g/mol. The van der Waals surface area contributed by atoms with Gasteiger partial charge in [0.25, 0.3) is 0 Å². The van der Waals surface area contributed by atoms with Crippen LogP contribution >= 0.6 is 11.6 Å². The first kappa shape index (κ1) is 13.8. The van der Waals surface area contributed by atoms with Crippen molar-refractivity contribution < 1.29 is 9.47 Å². The standard InChI is InChI=1S/C16H17ClO2/c1-18-14-9-5-6-10-15(14)19-16(17)12-11-13-7-3-2-4-8-13/h2-10,16H,11-12H2,1H3/t16-/m0/s1. The Morgan fingerprint density at radius 1 is 0.947 bits per heavy atom. The fourth-order valence-corrected chi connectivity index (χ4v) is 2.04. The molecule has 0 aliphatic carbocycles. The number of ether oxygens (including phenoxy) is 2. The molecule has 0 saturated heterocycles. The first-order chi connectivity index (χ1) is 9.29. The summed E-state index contributed by atoms with van der Waals surface area (Å²) in [6, 6.07) is 17.8. The van der Waals surface area contributed by atoms with Crippen molar-refractivity contribution in [1.82, 2.24) is 0 Å². The van der Waals surface area contributed by atoms with Gasteiger partial charge in [-0.2, -0.15) is 0 Å². The second kappa shape index (κ2) is 7.05. The van der Waals surface area contributed by atoms with Gasteiger partial charge in [-0.15, -0.1) is 0 Å². The Hall–Kier alpha value is -1.67. The van der Waals surface area contributed by atoms with Crippen LogP contribution in [0.2, 0.25) is 0 Å². The van der Waals surface area contributed by atoms with Gasteiger partial charge in [-0.05, 0) is 24.1 Å². The Morgan fingerprint density at radius 2 is 1.58 bits per heavy atom. The molecule has 2 aromatic rings. The Labute approximate surface area is 118 Å². The maximum absolute atomic E-state index is 6.22. The molecule has 2 rings (SSSR count). The minimum Gasteiger partial charge on any atom is -0.493 e. The molecule has 19 heavy (non-hydrogen) atoms. The lowest BCUT2D eigenvalue weighted by atomic mass is 10.1. The van der Waals surface area contributed by atoms with Gasteiger partial charge in [0.1, 0.15) is 0 Å². The third kappa shape index (κ3) is 4.18. The number of halogens is 1. The van der Waals surface area contributed by atoms with E-state index in [9.17, 15) is 0 Å². The lowest BCUT2D eigenvalue weighted by Gasteiger charge is -2.15. The minimum atomic E-state index is -0.364. The van der Waals surface area contributed by atoms with E-state index in [0.29, 0.717) is 11.5 Å². The largest absolute Gasteiger partial charge is 0.493 e. The van der Waals surface area contributed by atoms with Gasteiger partial charge >= 0.3 is 0 Å². The van der Waals surface area contributed by atoms with Crippen molar-refractivity contribution in [3.8, 4) is 11.5 Å². The zero-order valence-corrected chi connectivity index (χ0v) is 11.6. The third-order valence-corrected chi connectivity index (χ3v) is 3.13. The SMILES string of the molecule is COc1ccccc1O[C@H](Cl)CCc1ccccc1. The van der Waals surface area contributed by atoms with Crippen molar-refractivity contribution in [2.45, 2.75) is 18.4 Å². The molecule has 0 radical (unpaired) electrons. The lowest BCUT2D eigenvalue weighted by Crippen LogP contribution is -2.10. The molecule has 0 aliphatic heterocycles. The van der Waals surface area contributed by atoms with Crippen LogP contribution in [0, 0.1) is 0 Å². The number of alkyl halides is 1. The molecule has 0 saturated carbocycles. The molecular weight excluding hydrogens is 260 g/mol. The molecule has 0 N–H and O–H groups in total. The second-order valence-corrected chi connectivity index (χ2v) is 4.69. The topological polar surface area (TPSA) is 18.5 Å². The van der Waals surface area contributed by atoms with E-state index in [1.54, 1.807) is 7.11 Å². The van der Waals surface area contributed by atoms with E-state index in [4.69, 9.17) is 21.1 Å². The van der Waals surface area contributed by atoms with E-state index in [-0.39, 0.29) is 5.56 Å². The van der Waals surface area contributed by atoms with Crippen LogP contribution in [0.1, 0.15) is 12.0 Å². The van der Waals surface area contributed by atoms with Gasteiger partial charge in [-0.1, -0.05) is 54.1 Å². The van der Waals surface area contributed by atoms with E-state index in [1.165, 1.54) is 5.56 Å². The number of hydrogen-bond acceptors (Lipinski definition) is 2. The molecule has 3 heteroatoms. The summed E-state index contributed by atoms with van der Waals surface area (Å²) in [7, 11) is 1.62. The molecule has 0 amide bonds. The summed E-state index contributed by atoms with van der Waals surface area (Å²) in [5.41, 5.74) is 0.897. The molecule has 0 aromatic heterocycles. The van der Waals surface area contributed by atoms with E-state index >= 15 is 0 Å². The van der Waals surface area contributed by atoms with Crippen LogP contribution in [-0.2, 0) is 6.42 Å². The number of para-hydroxylation sites is 2. The second-order valence-electron chi connectivity index (χ2n) is 4.20. The highest BCUT2D eigenvalue weighted by molar-refractivity contribution is 6.19. The number of hydrogen-bond donors (Lipinski definition) is 0.